The van der Waals surface area contributed by atoms with Gasteiger partial charge in [0.15, 0.2) is 0 Å². The van der Waals surface area contributed by atoms with Crippen LogP contribution in [-0.2, 0) is 0 Å². The number of fused-ring (bicyclic) bond motifs is 3. The van der Waals surface area contributed by atoms with Crippen LogP contribution in [0.3, 0.4) is 0 Å². The number of nitrogens with zero attached hydrogens (tertiary/aromatic N) is 4. The first kappa shape index (κ1) is 15.5. The van der Waals surface area contributed by atoms with Crippen molar-refractivity contribution in [3.05, 3.63) is 66.3 Å². The molecule has 4 heteroatoms. The van der Waals surface area contributed by atoms with E-state index in [1.807, 2.05) is 24.2 Å². The van der Waals surface area contributed by atoms with E-state index in [9.17, 15) is 0 Å². The number of para-hydroxylation sites is 1. The summed E-state index contributed by atoms with van der Waals surface area (Å²) in [5, 5.41) is 10.8. The van der Waals surface area contributed by atoms with Crippen molar-refractivity contribution in [2.24, 2.45) is 10.3 Å². The fourth-order valence-electron chi connectivity index (χ4n) is 3.51. The topological polar surface area (TPSA) is 31.2 Å². The molecule has 3 rings (SSSR count). The molecule has 2 heterocycles. The van der Waals surface area contributed by atoms with Crippen molar-refractivity contribution in [1.29, 1.82) is 0 Å². The molecule has 0 radical (unpaired) electrons. The van der Waals surface area contributed by atoms with Crippen molar-refractivity contribution in [3.8, 4) is 0 Å². The summed E-state index contributed by atoms with van der Waals surface area (Å²) in [6.45, 7) is 13.3. The average Bonchev–Trinajstić information content (AvgIpc) is 2.90. The third-order valence-corrected chi connectivity index (χ3v) is 4.70. The maximum atomic E-state index is 4.55. The summed E-state index contributed by atoms with van der Waals surface area (Å²) in [4.78, 5) is 2.40. The first-order chi connectivity index (χ1) is 11.1. The standard InChI is InChI=1S/C19H24N4/c1-6-14-12-23(13(3)4)17-11-9-8-10-16(17)18-19(15(14)7-2)22(5)21-20-18/h6-11,13,18-19H,1-2,12H2,3-5H3/b15-14-. The summed E-state index contributed by atoms with van der Waals surface area (Å²) in [6.07, 6.45) is 3.89. The van der Waals surface area contributed by atoms with Crippen LogP contribution in [0.15, 0.2) is 71.1 Å². The summed E-state index contributed by atoms with van der Waals surface area (Å²) < 4.78 is 0. The van der Waals surface area contributed by atoms with E-state index >= 15 is 0 Å². The Morgan fingerprint density at radius 2 is 1.96 bits per heavy atom. The van der Waals surface area contributed by atoms with Crippen LogP contribution in [0.5, 0.6) is 0 Å². The maximum absolute atomic E-state index is 4.55. The third-order valence-electron chi connectivity index (χ3n) is 4.70. The van der Waals surface area contributed by atoms with Gasteiger partial charge in [-0.05, 0) is 31.1 Å². The average molecular weight is 308 g/mol. The van der Waals surface area contributed by atoms with Crippen molar-refractivity contribution in [2.45, 2.75) is 32.0 Å². The minimum absolute atomic E-state index is 0.0132. The number of likely N-dealkylation sites (N-methyl/N-ethyl adjacent to an activating group) is 1. The third kappa shape index (κ3) is 2.48. The monoisotopic (exact) mass is 308 g/mol. The molecule has 0 saturated heterocycles. The SMILES string of the molecule is C=C/C1=C(\C=C)C2C(N=NN2C)c2ccccc2N(C(C)C)C1. The molecule has 0 amide bonds. The lowest BCUT2D eigenvalue weighted by Crippen LogP contribution is -2.39. The van der Waals surface area contributed by atoms with Gasteiger partial charge in [0.05, 0.1) is 0 Å². The van der Waals surface area contributed by atoms with E-state index in [0.29, 0.717) is 6.04 Å². The fraction of sp³-hybridized carbons (Fsp3) is 0.368. The van der Waals surface area contributed by atoms with Gasteiger partial charge in [-0.3, -0.25) is 5.01 Å². The van der Waals surface area contributed by atoms with E-state index in [-0.39, 0.29) is 12.1 Å². The molecule has 0 aliphatic carbocycles. The number of hydrogen-bond acceptors (Lipinski definition) is 4. The zero-order valence-corrected chi connectivity index (χ0v) is 14.1. The lowest BCUT2D eigenvalue weighted by molar-refractivity contribution is 0.305. The van der Waals surface area contributed by atoms with Crippen LogP contribution < -0.4 is 4.90 Å². The highest BCUT2D eigenvalue weighted by Crippen LogP contribution is 2.42. The molecule has 120 valence electrons. The zero-order chi connectivity index (χ0) is 16.6. The first-order valence-corrected chi connectivity index (χ1v) is 8.05. The smallest absolute Gasteiger partial charge is 0.126 e. The molecular weight excluding hydrogens is 284 g/mol. The fourth-order valence-corrected chi connectivity index (χ4v) is 3.51. The normalized spacial score (nSPS) is 26.6. The van der Waals surface area contributed by atoms with Crippen LogP contribution in [0.2, 0.25) is 0 Å². The van der Waals surface area contributed by atoms with Gasteiger partial charge < -0.3 is 4.90 Å². The van der Waals surface area contributed by atoms with E-state index in [0.717, 1.165) is 12.1 Å². The second-order valence-corrected chi connectivity index (χ2v) is 6.34. The molecule has 2 atom stereocenters. The lowest BCUT2D eigenvalue weighted by atomic mass is 9.87. The number of hydrogen-bond donors (Lipinski definition) is 0. The summed E-state index contributed by atoms with van der Waals surface area (Å²) in [5.41, 5.74) is 4.81. The van der Waals surface area contributed by atoms with E-state index in [2.05, 4.69) is 66.5 Å². The minimum atomic E-state index is -0.0132. The molecule has 0 spiro atoms. The van der Waals surface area contributed by atoms with Crippen molar-refractivity contribution >= 4 is 5.69 Å². The molecule has 0 bridgehead atoms. The molecule has 1 aromatic carbocycles. The molecule has 23 heavy (non-hydrogen) atoms. The van der Waals surface area contributed by atoms with Gasteiger partial charge in [0.1, 0.15) is 12.1 Å². The maximum Gasteiger partial charge on any atom is 0.126 e. The number of benzene rings is 1. The van der Waals surface area contributed by atoms with Gasteiger partial charge in [0.2, 0.25) is 0 Å². The predicted octanol–water partition coefficient (Wildman–Crippen LogP) is 4.31. The van der Waals surface area contributed by atoms with Crippen molar-refractivity contribution in [3.63, 3.8) is 0 Å². The van der Waals surface area contributed by atoms with Crippen molar-refractivity contribution in [1.82, 2.24) is 5.01 Å². The Hall–Kier alpha value is -2.36. The van der Waals surface area contributed by atoms with E-state index < -0.39 is 0 Å². The Bertz CT molecular complexity index is 686. The van der Waals surface area contributed by atoms with Gasteiger partial charge in [-0.1, -0.05) is 48.7 Å². The predicted molar refractivity (Wildman–Crippen MR) is 95.5 cm³/mol. The Morgan fingerprint density at radius 3 is 2.61 bits per heavy atom. The highest BCUT2D eigenvalue weighted by Gasteiger charge is 2.38. The number of anilines is 1. The van der Waals surface area contributed by atoms with Crippen LogP contribution >= 0.6 is 0 Å². The van der Waals surface area contributed by atoms with Crippen molar-refractivity contribution < 1.29 is 0 Å². The summed E-state index contributed by atoms with van der Waals surface area (Å²) in [6, 6.07) is 8.96. The van der Waals surface area contributed by atoms with Gasteiger partial charge in [-0.25, -0.2) is 0 Å². The van der Waals surface area contributed by atoms with Crippen LogP contribution in [0.4, 0.5) is 5.69 Å². The minimum Gasteiger partial charge on any atom is -0.364 e. The summed E-state index contributed by atoms with van der Waals surface area (Å²) in [5.74, 6) is 0. The molecule has 0 N–H and O–H groups in total. The Kier molecular flexibility index (Phi) is 4.07. The van der Waals surface area contributed by atoms with E-state index in [4.69, 9.17) is 0 Å². The van der Waals surface area contributed by atoms with Gasteiger partial charge in [-0.2, -0.15) is 5.11 Å². The van der Waals surface area contributed by atoms with Crippen LogP contribution in [0.1, 0.15) is 25.5 Å². The molecule has 0 fully saturated rings. The molecule has 1 aromatic rings. The quantitative estimate of drug-likeness (QED) is 0.833. The molecule has 2 aliphatic rings. The van der Waals surface area contributed by atoms with Gasteiger partial charge in [0, 0.05) is 30.9 Å². The van der Waals surface area contributed by atoms with E-state index in [1.54, 1.807) is 0 Å². The first-order valence-electron chi connectivity index (χ1n) is 8.05. The molecule has 0 aromatic heterocycles. The number of rotatable bonds is 3. The van der Waals surface area contributed by atoms with Crippen LogP contribution in [-0.4, -0.2) is 30.7 Å². The molecule has 0 saturated carbocycles. The van der Waals surface area contributed by atoms with Gasteiger partial charge in [-0.15, -0.1) is 0 Å². The van der Waals surface area contributed by atoms with Crippen LogP contribution in [0.25, 0.3) is 0 Å². The van der Waals surface area contributed by atoms with Crippen LogP contribution in [0, 0.1) is 0 Å². The summed E-state index contributed by atoms with van der Waals surface area (Å²) >= 11 is 0. The zero-order valence-electron chi connectivity index (χ0n) is 14.1. The highest BCUT2D eigenvalue weighted by atomic mass is 15.6. The second kappa shape index (κ2) is 6.03. The lowest BCUT2D eigenvalue weighted by Gasteiger charge is -2.37. The molecule has 2 aliphatic heterocycles. The summed E-state index contributed by atoms with van der Waals surface area (Å²) in [7, 11) is 1.98. The highest BCUT2D eigenvalue weighted by molar-refractivity contribution is 5.60. The Balaban J connectivity index is 2.25. The molecule has 4 nitrogen and oxygen atoms in total. The second-order valence-electron chi connectivity index (χ2n) is 6.34. The Labute approximate surface area is 138 Å². The van der Waals surface area contributed by atoms with Crippen molar-refractivity contribution in [2.75, 3.05) is 18.5 Å². The Morgan fingerprint density at radius 1 is 1.22 bits per heavy atom. The van der Waals surface area contributed by atoms with Gasteiger partial charge in [0.25, 0.3) is 0 Å². The molecule has 2 unspecified atom stereocenters. The largest absolute Gasteiger partial charge is 0.364 e. The molecular formula is C19H24N4. The van der Waals surface area contributed by atoms with E-state index in [1.165, 1.54) is 16.8 Å². The van der Waals surface area contributed by atoms with Gasteiger partial charge >= 0.3 is 0 Å².